The van der Waals surface area contributed by atoms with Crippen molar-refractivity contribution in [3.05, 3.63) is 0 Å². The molecule has 1 heterocycles. The van der Waals surface area contributed by atoms with Crippen molar-refractivity contribution in [3.63, 3.8) is 0 Å². The molecule has 0 bridgehead atoms. The minimum Gasteiger partial charge on any atom is -0.380 e. The predicted octanol–water partition coefficient (Wildman–Crippen LogP) is -2.55. The number of hydrogen-bond donors (Lipinski definition) is 1. The van der Waals surface area contributed by atoms with Crippen LogP contribution in [0.4, 0.5) is 0 Å². The van der Waals surface area contributed by atoms with Crippen molar-refractivity contribution in [2.75, 3.05) is 46.4 Å². The molecular formula is C14H28N3NaOS2+2. The average Bonchev–Trinajstić information content (AvgIpc) is 2.47. The number of rotatable bonds is 5. The molecule has 1 N–H and O–H groups in total. The van der Waals surface area contributed by atoms with Gasteiger partial charge in [0.2, 0.25) is 0 Å². The molecule has 0 spiro atoms. The van der Waals surface area contributed by atoms with Crippen LogP contribution in [0.3, 0.4) is 0 Å². The van der Waals surface area contributed by atoms with Gasteiger partial charge in [-0.25, -0.2) is 0 Å². The van der Waals surface area contributed by atoms with Crippen LogP contribution in [0, 0.1) is 0 Å². The summed E-state index contributed by atoms with van der Waals surface area (Å²) in [7, 11) is 1.87. The van der Waals surface area contributed by atoms with E-state index in [1.807, 2.05) is 7.11 Å². The van der Waals surface area contributed by atoms with Crippen molar-refractivity contribution in [1.29, 1.82) is 0 Å². The van der Waals surface area contributed by atoms with Gasteiger partial charge in [0.05, 0.1) is 6.10 Å². The van der Waals surface area contributed by atoms with Gasteiger partial charge in [0.25, 0.3) is 4.32 Å². The van der Waals surface area contributed by atoms with Gasteiger partial charge in [0.1, 0.15) is 0 Å². The first-order chi connectivity index (χ1) is 9.70. The Kier molecular flexibility index (Phi) is 10.4. The van der Waals surface area contributed by atoms with E-state index in [9.17, 15) is 0 Å². The molecule has 2 fully saturated rings. The van der Waals surface area contributed by atoms with Crippen LogP contribution >= 0.6 is 12.2 Å². The van der Waals surface area contributed by atoms with Gasteiger partial charge in [0, 0.05) is 65.0 Å². The number of piperazine rings is 1. The van der Waals surface area contributed by atoms with E-state index in [4.69, 9.17) is 17.0 Å². The van der Waals surface area contributed by atoms with Gasteiger partial charge in [0.15, 0.2) is 0 Å². The van der Waals surface area contributed by atoms with Crippen LogP contribution in [0.2, 0.25) is 0 Å². The van der Waals surface area contributed by atoms with E-state index in [1.54, 1.807) is 0 Å². The Labute approximate surface area is 162 Å². The Morgan fingerprint density at radius 1 is 1.24 bits per heavy atom. The SMILES string of the molecule is COC1CCCCC1N1CCN(CCNC(=S)[SH2+])CC1.[Na+]. The second kappa shape index (κ2) is 10.8. The van der Waals surface area contributed by atoms with Crippen LogP contribution in [-0.2, 0) is 17.4 Å². The number of nitrogens with zero attached hydrogens (tertiary/aromatic N) is 2. The van der Waals surface area contributed by atoms with E-state index in [0.29, 0.717) is 16.5 Å². The smallest absolute Gasteiger partial charge is 0.380 e. The van der Waals surface area contributed by atoms with Crippen molar-refractivity contribution in [1.82, 2.24) is 15.1 Å². The summed E-state index contributed by atoms with van der Waals surface area (Å²) in [5.41, 5.74) is 0. The third-order valence-corrected chi connectivity index (χ3v) is 4.88. The summed E-state index contributed by atoms with van der Waals surface area (Å²) in [5, 5.41) is 3.15. The van der Waals surface area contributed by atoms with Crippen molar-refractivity contribution >= 4 is 29.2 Å². The van der Waals surface area contributed by atoms with Crippen LogP contribution in [0.5, 0.6) is 0 Å². The summed E-state index contributed by atoms with van der Waals surface area (Å²) in [6.07, 6.45) is 5.66. The van der Waals surface area contributed by atoms with Crippen molar-refractivity contribution in [2.45, 2.75) is 37.8 Å². The molecule has 4 nitrogen and oxygen atoms in total. The Balaban J connectivity index is 0.00000220. The van der Waals surface area contributed by atoms with E-state index in [0.717, 1.165) is 26.2 Å². The second-order valence-corrected chi connectivity index (χ2v) is 7.03. The first kappa shape index (κ1) is 20.2. The molecule has 1 aliphatic heterocycles. The monoisotopic (exact) mass is 341 g/mol. The van der Waals surface area contributed by atoms with Crippen molar-refractivity contribution < 1.29 is 34.3 Å². The maximum Gasteiger partial charge on any atom is 1.00 e. The summed E-state index contributed by atoms with van der Waals surface area (Å²) in [6, 6.07) is 0.642. The standard InChI is InChI=1S/C14H27N3OS2.Na/c1-18-13-5-3-2-4-12(13)17-10-8-16(9-11-17)7-6-15-14(19)20;/h12-13H,2-11H2,1H3,(H2,15,19,20);/q;+1/p+1. The molecule has 0 aromatic carbocycles. The van der Waals surface area contributed by atoms with Crippen molar-refractivity contribution in [3.8, 4) is 0 Å². The number of thiocarbonyl (C=S) groups is 1. The van der Waals surface area contributed by atoms with Gasteiger partial charge >= 0.3 is 29.6 Å². The zero-order valence-electron chi connectivity index (χ0n) is 13.4. The average molecular weight is 342 g/mol. The summed E-state index contributed by atoms with van der Waals surface area (Å²) in [5.74, 6) is 0. The Bertz CT molecular complexity index is 315. The third kappa shape index (κ3) is 6.63. The van der Waals surface area contributed by atoms with E-state index in [2.05, 4.69) is 27.7 Å². The number of methoxy groups -OCH3 is 1. The molecule has 2 unspecified atom stereocenters. The molecule has 7 heteroatoms. The minimum absolute atomic E-state index is 0. The largest absolute Gasteiger partial charge is 1.00 e. The maximum absolute atomic E-state index is 5.69. The number of hydrogen-bond acceptors (Lipinski definition) is 4. The molecule has 2 aliphatic rings. The quantitative estimate of drug-likeness (QED) is 0.338. The summed E-state index contributed by atoms with van der Waals surface area (Å²) >= 11 is 8.26. The van der Waals surface area contributed by atoms with Gasteiger partial charge in [-0.2, -0.15) is 0 Å². The molecule has 1 saturated carbocycles. The van der Waals surface area contributed by atoms with Crippen LogP contribution in [-0.4, -0.2) is 72.6 Å². The molecular weight excluding hydrogens is 313 g/mol. The van der Waals surface area contributed by atoms with Crippen LogP contribution in [0.15, 0.2) is 0 Å². The van der Waals surface area contributed by atoms with Crippen molar-refractivity contribution in [2.24, 2.45) is 0 Å². The molecule has 21 heavy (non-hydrogen) atoms. The molecule has 0 aromatic heterocycles. The zero-order chi connectivity index (χ0) is 14.4. The molecule has 0 aromatic rings. The number of ether oxygens (including phenoxy) is 1. The first-order valence-corrected chi connectivity index (χ1v) is 8.60. The molecule has 0 radical (unpaired) electrons. The Morgan fingerprint density at radius 3 is 2.52 bits per heavy atom. The normalized spacial score (nSPS) is 27.9. The summed E-state index contributed by atoms with van der Waals surface area (Å²) in [6.45, 7) is 6.64. The van der Waals surface area contributed by atoms with Gasteiger partial charge in [-0.15, -0.1) is 0 Å². The van der Waals surface area contributed by atoms with E-state index < -0.39 is 0 Å². The molecule has 116 valence electrons. The Morgan fingerprint density at radius 2 is 1.90 bits per heavy atom. The maximum atomic E-state index is 5.69. The third-order valence-electron chi connectivity index (χ3n) is 4.56. The zero-order valence-corrected chi connectivity index (χ0v) is 17.3. The Hall–Kier alpha value is 1.12. The van der Waals surface area contributed by atoms with Crippen LogP contribution in [0.1, 0.15) is 25.7 Å². The second-order valence-electron chi connectivity index (χ2n) is 5.76. The van der Waals surface area contributed by atoms with Gasteiger partial charge in [-0.1, -0.05) is 12.8 Å². The summed E-state index contributed by atoms with van der Waals surface area (Å²) in [4.78, 5) is 5.16. The van der Waals surface area contributed by atoms with E-state index >= 15 is 0 Å². The molecule has 0 amide bonds. The molecule has 2 rings (SSSR count). The first-order valence-electron chi connectivity index (χ1n) is 7.69. The topological polar surface area (TPSA) is 27.7 Å². The predicted molar refractivity (Wildman–Crippen MR) is 91.8 cm³/mol. The fourth-order valence-corrected chi connectivity index (χ4v) is 3.64. The fraction of sp³-hybridized carbons (Fsp3) is 0.929. The van der Waals surface area contributed by atoms with E-state index in [-0.39, 0.29) is 29.6 Å². The van der Waals surface area contributed by atoms with Gasteiger partial charge in [-0.05, 0) is 25.1 Å². The molecule has 1 aliphatic carbocycles. The molecule has 2 atom stereocenters. The van der Waals surface area contributed by atoms with Crippen LogP contribution < -0.4 is 34.9 Å². The van der Waals surface area contributed by atoms with Crippen LogP contribution in [0.25, 0.3) is 0 Å². The summed E-state index contributed by atoms with van der Waals surface area (Å²) < 4.78 is 6.39. The fourth-order valence-electron chi connectivity index (χ4n) is 3.42. The van der Waals surface area contributed by atoms with E-state index in [1.165, 1.54) is 38.8 Å². The molecule has 1 saturated heterocycles. The minimum atomic E-state index is 0. The number of nitrogens with one attached hydrogen (secondary N) is 1. The van der Waals surface area contributed by atoms with Gasteiger partial charge < -0.3 is 10.1 Å². The van der Waals surface area contributed by atoms with Gasteiger partial charge in [-0.3, -0.25) is 9.80 Å².